The Balaban J connectivity index is 2.22. The highest BCUT2D eigenvalue weighted by Gasteiger charge is 2.05. The standard InChI is InChI=1S/C16H15FO2/c1-11-3-6-14(10-15(11)17)13-7-4-12(5-8-13)9-16(18)19-2/h3-8,10H,9H2,1-2H3. The Morgan fingerprint density at radius 2 is 1.74 bits per heavy atom. The van der Waals surface area contributed by atoms with Gasteiger partial charge in [-0.25, -0.2) is 4.39 Å². The zero-order chi connectivity index (χ0) is 13.8. The number of aryl methyl sites for hydroxylation is 1. The molecule has 0 radical (unpaired) electrons. The van der Waals surface area contributed by atoms with E-state index in [9.17, 15) is 9.18 Å². The van der Waals surface area contributed by atoms with Gasteiger partial charge in [-0.3, -0.25) is 4.79 Å². The Kier molecular flexibility index (Phi) is 3.95. The Bertz CT molecular complexity index is 588. The molecule has 0 atom stereocenters. The van der Waals surface area contributed by atoms with Crippen molar-refractivity contribution in [2.45, 2.75) is 13.3 Å². The van der Waals surface area contributed by atoms with Crippen molar-refractivity contribution < 1.29 is 13.9 Å². The lowest BCUT2D eigenvalue weighted by Crippen LogP contribution is -2.04. The SMILES string of the molecule is COC(=O)Cc1ccc(-c2ccc(C)c(F)c2)cc1. The van der Waals surface area contributed by atoms with Crippen LogP contribution in [0.3, 0.4) is 0 Å². The number of hydrogen-bond acceptors (Lipinski definition) is 2. The maximum absolute atomic E-state index is 13.5. The van der Waals surface area contributed by atoms with Gasteiger partial charge in [0, 0.05) is 0 Å². The first-order chi connectivity index (χ1) is 9.10. The molecule has 0 aliphatic rings. The minimum atomic E-state index is -0.269. The summed E-state index contributed by atoms with van der Waals surface area (Å²) in [6.45, 7) is 1.73. The molecule has 0 unspecified atom stereocenters. The molecule has 0 bridgehead atoms. The van der Waals surface area contributed by atoms with E-state index in [1.165, 1.54) is 13.2 Å². The van der Waals surface area contributed by atoms with Gasteiger partial charge in [0.1, 0.15) is 5.82 Å². The zero-order valence-electron chi connectivity index (χ0n) is 10.9. The van der Waals surface area contributed by atoms with Gasteiger partial charge in [0.15, 0.2) is 0 Å². The molecule has 0 fully saturated rings. The van der Waals surface area contributed by atoms with Crippen molar-refractivity contribution in [3.05, 3.63) is 59.4 Å². The number of carbonyl (C=O) groups excluding carboxylic acids is 1. The van der Waals surface area contributed by atoms with E-state index in [2.05, 4.69) is 4.74 Å². The number of esters is 1. The van der Waals surface area contributed by atoms with Crippen molar-refractivity contribution in [1.82, 2.24) is 0 Å². The number of rotatable bonds is 3. The van der Waals surface area contributed by atoms with Gasteiger partial charge in [0.05, 0.1) is 13.5 Å². The average molecular weight is 258 g/mol. The van der Waals surface area contributed by atoms with Crippen LogP contribution in [0.4, 0.5) is 4.39 Å². The average Bonchev–Trinajstić information content (AvgIpc) is 2.42. The number of benzene rings is 2. The number of hydrogen-bond donors (Lipinski definition) is 0. The highest BCUT2D eigenvalue weighted by atomic mass is 19.1. The van der Waals surface area contributed by atoms with Crippen LogP contribution in [0.5, 0.6) is 0 Å². The highest BCUT2D eigenvalue weighted by Crippen LogP contribution is 2.22. The van der Waals surface area contributed by atoms with Gasteiger partial charge in [-0.05, 0) is 35.2 Å². The minimum Gasteiger partial charge on any atom is -0.469 e. The van der Waals surface area contributed by atoms with Crippen LogP contribution in [0.1, 0.15) is 11.1 Å². The molecule has 2 rings (SSSR count). The number of methoxy groups -OCH3 is 1. The molecule has 19 heavy (non-hydrogen) atoms. The Hall–Kier alpha value is -2.16. The van der Waals surface area contributed by atoms with E-state index in [1.807, 2.05) is 30.3 Å². The van der Waals surface area contributed by atoms with Crippen molar-refractivity contribution >= 4 is 5.97 Å². The first-order valence-electron chi connectivity index (χ1n) is 6.02. The fourth-order valence-electron chi connectivity index (χ4n) is 1.83. The third kappa shape index (κ3) is 3.19. The molecule has 0 spiro atoms. The summed E-state index contributed by atoms with van der Waals surface area (Å²) < 4.78 is 18.1. The smallest absolute Gasteiger partial charge is 0.309 e. The van der Waals surface area contributed by atoms with Crippen molar-refractivity contribution in [2.75, 3.05) is 7.11 Å². The molecule has 98 valence electrons. The summed E-state index contributed by atoms with van der Waals surface area (Å²) >= 11 is 0. The molecule has 0 aliphatic carbocycles. The van der Waals surface area contributed by atoms with E-state index >= 15 is 0 Å². The van der Waals surface area contributed by atoms with E-state index in [-0.39, 0.29) is 18.2 Å². The van der Waals surface area contributed by atoms with Crippen LogP contribution in [0.2, 0.25) is 0 Å². The second kappa shape index (κ2) is 5.65. The zero-order valence-corrected chi connectivity index (χ0v) is 10.9. The van der Waals surface area contributed by atoms with Gasteiger partial charge < -0.3 is 4.74 Å². The van der Waals surface area contributed by atoms with Crippen LogP contribution < -0.4 is 0 Å². The van der Waals surface area contributed by atoms with Gasteiger partial charge in [-0.1, -0.05) is 36.4 Å². The number of carbonyl (C=O) groups is 1. The maximum atomic E-state index is 13.5. The van der Waals surface area contributed by atoms with Crippen LogP contribution in [0.25, 0.3) is 11.1 Å². The lowest BCUT2D eigenvalue weighted by Gasteiger charge is -2.05. The van der Waals surface area contributed by atoms with Crippen LogP contribution in [-0.2, 0) is 16.0 Å². The first-order valence-corrected chi connectivity index (χ1v) is 6.02. The Labute approximate surface area is 111 Å². The summed E-state index contributed by atoms with van der Waals surface area (Å²) in [5.41, 5.74) is 3.26. The van der Waals surface area contributed by atoms with Gasteiger partial charge in [-0.15, -0.1) is 0 Å². The summed E-state index contributed by atoms with van der Waals surface area (Å²) in [6, 6.07) is 12.6. The van der Waals surface area contributed by atoms with Crippen LogP contribution in [0.15, 0.2) is 42.5 Å². The first kappa shape index (κ1) is 13.3. The van der Waals surface area contributed by atoms with E-state index in [1.54, 1.807) is 13.0 Å². The van der Waals surface area contributed by atoms with Crippen LogP contribution in [0, 0.1) is 12.7 Å². The third-order valence-electron chi connectivity index (χ3n) is 3.04. The predicted octanol–water partition coefficient (Wildman–Crippen LogP) is 3.52. The molecular weight excluding hydrogens is 243 g/mol. The van der Waals surface area contributed by atoms with Gasteiger partial charge in [-0.2, -0.15) is 0 Å². The normalized spacial score (nSPS) is 10.3. The molecule has 0 N–H and O–H groups in total. The lowest BCUT2D eigenvalue weighted by molar-refractivity contribution is -0.139. The fraction of sp³-hybridized carbons (Fsp3) is 0.188. The topological polar surface area (TPSA) is 26.3 Å². The van der Waals surface area contributed by atoms with E-state index < -0.39 is 0 Å². The van der Waals surface area contributed by atoms with E-state index in [0.29, 0.717) is 5.56 Å². The number of ether oxygens (including phenoxy) is 1. The highest BCUT2D eigenvalue weighted by molar-refractivity contribution is 5.73. The predicted molar refractivity (Wildman–Crippen MR) is 72.3 cm³/mol. The van der Waals surface area contributed by atoms with Gasteiger partial charge in [0.2, 0.25) is 0 Å². The largest absolute Gasteiger partial charge is 0.469 e. The van der Waals surface area contributed by atoms with Crippen molar-refractivity contribution in [3.63, 3.8) is 0 Å². The lowest BCUT2D eigenvalue weighted by atomic mass is 10.0. The third-order valence-corrected chi connectivity index (χ3v) is 3.04. The Morgan fingerprint density at radius 1 is 1.11 bits per heavy atom. The molecule has 2 aromatic rings. The molecule has 0 saturated heterocycles. The van der Waals surface area contributed by atoms with Crippen molar-refractivity contribution in [1.29, 1.82) is 0 Å². The summed E-state index contributed by atoms with van der Waals surface area (Å²) in [5, 5.41) is 0. The summed E-state index contributed by atoms with van der Waals surface area (Å²) in [4.78, 5) is 11.1. The van der Waals surface area contributed by atoms with Gasteiger partial charge >= 0.3 is 5.97 Å². The second-order valence-electron chi connectivity index (χ2n) is 4.41. The van der Waals surface area contributed by atoms with E-state index in [4.69, 9.17) is 0 Å². The summed E-state index contributed by atoms with van der Waals surface area (Å²) in [7, 11) is 1.37. The van der Waals surface area contributed by atoms with Gasteiger partial charge in [0.25, 0.3) is 0 Å². The monoisotopic (exact) mass is 258 g/mol. The van der Waals surface area contributed by atoms with Crippen molar-refractivity contribution in [2.24, 2.45) is 0 Å². The van der Waals surface area contributed by atoms with Crippen LogP contribution in [-0.4, -0.2) is 13.1 Å². The Morgan fingerprint density at radius 3 is 2.32 bits per heavy atom. The fourth-order valence-corrected chi connectivity index (χ4v) is 1.83. The second-order valence-corrected chi connectivity index (χ2v) is 4.41. The molecule has 3 heteroatoms. The molecule has 0 aromatic heterocycles. The quantitative estimate of drug-likeness (QED) is 0.787. The molecule has 0 aliphatic heterocycles. The molecular formula is C16H15FO2. The number of halogens is 1. The molecule has 2 aromatic carbocycles. The molecule has 0 heterocycles. The summed E-state index contributed by atoms with van der Waals surface area (Å²) in [6.07, 6.45) is 0.249. The molecule has 2 nitrogen and oxygen atoms in total. The molecule has 0 amide bonds. The summed E-state index contributed by atoms with van der Waals surface area (Å²) in [5.74, 6) is -0.481. The van der Waals surface area contributed by atoms with Crippen LogP contribution >= 0.6 is 0 Å². The molecule has 0 saturated carbocycles. The van der Waals surface area contributed by atoms with E-state index in [0.717, 1.165) is 16.7 Å². The maximum Gasteiger partial charge on any atom is 0.309 e. The van der Waals surface area contributed by atoms with Crippen molar-refractivity contribution in [3.8, 4) is 11.1 Å². The minimum absolute atomic E-state index is 0.212.